The number of aromatic nitrogens is 2. The third-order valence-corrected chi connectivity index (χ3v) is 1.98. The highest BCUT2D eigenvalue weighted by atomic mass is 35.5. The number of halogens is 1. The van der Waals surface area contributed by atoms with Gasteiger partial charge in [-0.1, -0.05) is 12.1 Å². The standard InChI is InChI=1S/C10H10N2O2.ClH/c1-14-10(13)6-9-11-7-4-2-3-5-8(7)12-9;/h2-5H,6H2,1H3,(H,11,12);1H. The Balaban J connectivity index is 0.00000112. The third-order valence-electron chi connectivity index (χ3n) is 1.98. The van der Waals surface area contributed by atoms with Crippen molar-refractivity contribution in [1.82, 2.24) is 9.97 Å². The lowest BCUT2D eigenvalue weighted by Crippen LogP contribution is -3.00. The van der Waals surface area contributed by atoms with Crippen molar-refractivity contribution in [3.8, 4) is 0 Å². The maximum Gasteiger partial charge on any atom is 1.00 e. The first-order chi connectivity index (χ1) is 6.79. The van der Waals surface area contributed by atoms with Crippen molar-refractivity contribution in [1.29, 1.82) is 0 Å². The van der Waals surface area contributed by atoms with E-state index in [1.165, 1.54) is 7.11 Å². The number of esters is 1. The fraction of sp³-hybridized carbons (Fsp3) is 0.200. The molecule has 1 aromatic carbocycles. The SMILES string of the molecule is COC(=O)Cc1nc2ccccc2[nH]1.[Cl-].[H+]. The Labute approximate surface area is 94.5 Å². The average Bonchev–Trinajstić information content (AvgIpc) is 2.59. The van der Waals surface area contributed by atoms with Gasteiger partial charge in [-0.3, -0.25) is 4.79 Å². The summed E-state index contributed by atoms with van der Waals surface area (Å²) in [4.78, 5) is 18.3. The van der Waals surface area contributed by atoms with Gasteiger partial charge in [-0.05, 0) is 12.1 Å². The number of para-hydroxylation sites is 2. The van der Waals surface area contributed by atoms with Gasteiger partial charge in [0, 0.05) is 0 Å². The number of carbonyl (C=O) groups is 1. The van der Waals surface area contributed by atoms with Crippen molar-refractivity contribution >= 4 is 17.0 Å². The van der Waals surface area contributed by atoms with Gasteiger partial charge in [0.05, 0.1) is 18.1 Å². The summed E-state index contributed by atoms with van der Waals surface area (Å²) < 4.78 is 4.55. The van der Waals surface area contributed by atoms with Crippen LogP contribution in [0, 0.1) is 0 Å². The van der Waals surface area contributed by atoms with Crippen molar-refractivity contribution < 1.29 is 23.4 Å². The first-order valence-corrected chi connectivity index (χ1v) is 4.30. The molecule has 1 aromatic heterocycles. The van der Waals surface area contributed by atoms with Crippen LogP contribution in [-0.2, 0) is 16.0 Å². The first kappa shape index (κ1) is 11.5. The summed E-state index contributed by atoms with van der Waals surface area (Å²) in [5.74, 6) is 0.349. The molecule has 15 heavy (non-hydrogen) atoms. The maximum atomic E-state index is 11.0. The molecular weight excluding hydrogens is 216 g/mol. The van der Waals surface area contributed by atoms with Gasteiger partial charge in [0.1, 0.15) is 12.2 Å². The Kier molecular flexibility index (Phi) is 3.68. The Morgan fingerprint density at radius 3 is 2.93 bits per heavy atom. The Hall–Kier alpha value is -1.55. The molecule has 5 heteroatoms. The van der Waals surface area contributed by atoms with Crippen LogP contribution in [0.25, 0.3) is 11.0 Å². The highest BCUT2D eigenvalue weighted by molar-refractivity contribution is 5.77. The summed E-state index contributed by atoms with van der Waals surface area (Å²) in [6, 6.07) is 7.64. The predicted molar refractivity (Wildman–Crippen MR) is 52.9 cm³/mol. The lowest BCUT2D eigenvalue weighted by molar-refractivity contribution is -0.139. The van der Waals surface area contributed by atoms with E-state index in [0.29, 0.717) is 5.82 Å². The number of H-pyrrole nitrogens is 1. The van der Waals surface area contributed by atoms with E-state index < -0.39 is 0 Å². The number of methoxy groups -OCH3 is 1. The first-order valence-electron chi connectivity index (χ1n) is 4.30. The molecule has 0 aliphatic heterocycles. The fourth-order valence-electron chi connectivity index (χ4n) is 1.30. The van der Waals surface area contributed by atoms with Crippen LogP contribution in [0.4, 0.5) is 0 Å². The zero-order valence-electron chi connectivity index (χ0n) is 9.16. The molecule has 0 saturated heterocycles. The highest BCUT2D eigenvalue weighted by Gasteiger charge is 2.06. The molecule has 0 aliphatic rings. The summed E-state index contributed by atoms with van der Waals surface area (Å²) in [7, 11) is 1.37. The van der Waals surface area contributed by atoms with E-state index in [9.17, 15) is 4.79 Å². The number of carbonyl (C=O) groups excluding carboxylic acids is 1. The number of nitrogens with zero attached hydrogens (tertiary/aromatic N) is 1. The maximum absolute atomic E-state index is 11.0. The van der Waals surface area contributed by atoms with E-state index in [-0.39, 0.29) is 26.2 Å². The smallest absolute Gasteiger partial charge is 1.00 e. The highest BCUT2D eigenvalue weighted by Crippen LogP contribution is 2.10. The van der Waals surface area contributed by atoms with Gasteiger partial charge in [0.15, 0.2) is 0 Å². The van der Waals surface area contributed by atoms with Gasteiger partial charge in [-0.25, -0.2) is 4.98 Å². The molecule has 0 spiro atoms. The molecule has 2 rings (SSSR count). The monoisotopic (exact) mass is 226 g/mol. The number of rotatable bonds is 2. The average molecular weight is 227 g/mol. The molecule has 0 aliphatic carbocycles. The molecule has 80 valence electrons. The summed E-state index contributed by atoms with van der Waals surface area (Å²) >= 11 is 0. The molecular formula is C10H11ClN2O2. The zero-order valence-corrected chi connectivity index (χ0v) is 8.91. The molecule has 0 bridgehead atoms. The van der Waals surface area contributed by atoms with Crippen molar-refractivity contribution in [2.45, 2.75) is 6.42 Å². The van der Waals surface area contributed by atoms with Crippen molar-refractivity contribution in [2.24, 2.45) is 0 Å². The van der Waals surface area contributed by atoms with Crippen LogP contribution in [0.15, 0.2) is 24.3 Å². The number of nitrogens with one attached hydrogen (secondary N) is 1. The summed E-state index contributed by atoms with van der Waals surface area (Å²) in [5.41, 5.74) is 1.80. The largest absolute Gasteiger partial charge is 1.00 e. The van der Waals surface area contributed by atoms with Crippen LogP contribution in [0.2, 0.25) is 0 Å². The second-order valence-electron chi connectivity index (χ2n) is 2.95. The van der Waals surface area contributed by atoms with E-state index in [2.05, 4.69) is 14.7 Å². The number of hydrogen-bond acceptors (Lipinski definition) is 3. The van der Waals surface area contributed by atoms with Crippen LogP contribution < -0.4 is 12.4 Å². The summed E-state index contributed by atoms with van der Waals surface area (Å²) in [6.45, 7) is 0. The number of fused-ring (bicyclic) bond motifs is 1. The van der Waals surface area contributed by atoms with Gasteiger partial charge in [-0.2, -0.15) is 0 Å². The zero-order chi connectivity index (χ0) is 9.97. The molecule has 0 fully saturated rings. The minimum absolute atomic E-state index is 0. The van der Waals surface area contributed by atoms with Gasteiger partial charge >= 0.3 is 7.40 Å². The topological polar surface area (TPSA) is 55.0 Å². The molecule has 0 amide bonds. The molecule has 4 nitrogen and oxygen atoms in total. The Morgan fingerprint density at radius 1 is 1.53 bits per heavy atom. The van der Waals surface area contributed by atoms with E-state index in [0.717, 1.165) is 11.0 Å². The molecule has 0 atom stereocenters. The van der Waals surface area contributed by atoms with Gasteiger partial charge < -0.3 is 22.1 Å². The number of benzene rings is 1. The van der Waals surface area contributed by atoms with Gasteiger partial charge in [0.2, 0.25) is 0 Å². The molecule has 0 unspecified atom stereocenters. The van der Waals surface area contributed by atoms with Gasteiger partial charge in [0.25, 0.3) is 0 Å². The Morgan fingerprint density at radius 2 is 2.27 bits per heavy atom. The summed E-state index contributed by atoms with van der Waals surface area (Å²) in [6.07, 6.45) is 0.186. The minimum Gasteiger partial charge on any atom is -1.00 e. The Bertz CT molecular complexity index is 440. The van der Waals surface area contributed by atoms with E-state index >= 15 is 0 Å². The van der Waals surface area contributed by atoms with Gasteiger partial charge in [-0.15, -0.1) is 0 Å². The number of imidazole rings is 1. The van der Waals surface area contributed by atoms with Crippen molar-refractivity contribution in [3.63, 3.8) is 0 Å². The molecule has 0 saturated carbocycles. The van der Waals surface area contributed by atoms with Crippen LogP contribution in [0.1, 0.15) is 7.25 Å². The minimum atomic E-state index is -0.288. The molecule has 1 heterocycles. The van der Waals surface area contributed by atoms with E-state index in [1.807, 2.05) is 24.3 Å². The van der Waals surface area contributed by atoms with E-state index in [4.69, 9.17) is 0 Å². The fourth-order valence-corrected chi connectivity index (χ4v) is 1.30. The summed E-state index contributed by atoms with van der Waals surface area (Å²) in [5, 5.41) is 0. The van der Waals surface area contributed by atoms with Crippen molar-refractivity contribution in [2.75, 3.05) is 7.11 Å². The number of hydrogen-bond donors (Lipinski definition) is 1. The molecule has 0 radical (unpaired) electrons. The van der Waals surface area contributed by atoms with Crippen LogP contribution in [-0.4, -0.2) is 23.0 Å². The number of aromatic amines is 1. The molecule has 1 N–H and O–H groups in total. The molecule has 2 aromatic rings. The lowest BCUT2D eigenvalue weighted by Gasteiger charge is -1.93. The second kappa shape index (κ2) is 4.79. The van der Waals surface area contributed by atoms with Crippen molar-refractivity contribution in [3.05, 3.63) is 30.1 Å². The quantitative estimate of drug-likeness (QED) is 0.628. The van der Waals surface area contributed by atoms with Crippen LogP contribution in [0.5, 0.6) is 0 Å². The van der Waals surface area contributed by atoms with Crippen LogP contribution >= 0.6 is 0 Å². The van der Waals surface area contributed by atoms with Crippen LogP contribution in [0.3, 0.4) is 0 Å². The lowest BCUT2D eigenvalue weighted by atomic mass is 10.3. The third kappa shape index (κ3) is 2.47. The van der Waals surface area contributed by atoms with E-state index in [1.54, 1.807) is 0 Å². The second-order valence-corrected chi connectivity index (χ2v) is 2.95. The normalized spacial score (nSPS) is 9.67. The number of ether oxygens (including phenoxy) is 1. The predicted octanol–water partition coefficient (Wildman–Crippen LogP) is -1.61.